The van der Waals surface area contributed by atoms with Crippen LogP contribution in [0.25, 0.3) is 27.8 Å². The van der Waals surface area contributed by atoms with Crippen molar-refractivity contribution in [1.82, 2.24) is 9.55 Å². The third-order valence-corrected chi connectivity index (χ3v) is 5.92. The van der Waals surface area contributed by atoms with E-state index in [1.54, 1.807) is 16.0 Å². The van der Waals surface area contributed by atoms with E-state index >= 15 is 0 Å². The van der Waals surface area contributed by atoms with Crippen LogP contribution in [-0.4, -0.2) is 14.7 Å². The van der Waals surface area contributed by atoms with Crippen molar-refractivity contribution in [2.24, 2.45) is 0 Å². The molecule has 0 aliphatic carbocycles. The van der Waals surface area contributed by atoms with Crippen molar-refractivity contribution < 1.29 is 5.11 Å². The standard InChI is InChI=1S/C25H20N4O2S/c1-16-8-7-9-17(14-16)27-28-25-26-20(15-32-25)22-23(30)19-12-5-6-13-21(19)29(24(22)31)18-10-3-2-4-11-18/h2-15,27,30H,1H3,(H,26,28). The van der Waals surface area contributed by atoms with Gasteiger partial charge >= 0.3 is 0 Å². The molecule has 0 fully saturated rings. The van der Waals surface area contributed by atoms with Gasteiger partial charge in [0.05, 0.1) is 16.9 Å². The third-order valence-electron chi connectivity index (χ3n) is 5.16. The fourth-order valence-corrected chi connectivity index (χ4v) is 4.34. The Bertz CT molecular complexity index is 1470. The topological polar surface area (TPSA) is 79.2 Å². The van der Waals surface area contributed by atoms with Crippen LogP contribution in [0.3, 0.4) is 0 Å². The summed E-state index contributed by atoms with van der Waals surface area (Å²) in [6.45, 7) is 2.02. The number of para-hydroxylation sites is 2. The maximum Gasteiger partial charge on any atom is 0.268 e. The van der Waals surface area contributed by atoms with Gasteiger partial charge in [-0.1, -0.05) is 42.5 Å². The fourth-order valence-electron chi connectivity index (χ4n) is 3.68. The van der Waals surface area contributed by atoms with E-state index < -0.39 is 0 Å². The molecule has 5 aromatic rings. The highest BCUT2D eigenvalue weighted by atomic mass is 32.1. The number of rotatable bonds is 5. The Balaban J connectivity index is 1.59. The quantitative estimate of drug-likeness (QED) is 0.312. The Labute approximate surface area is 188 Å². The summed E-state index contributed by atoms with van der Waals surface area (Å²) in [5, 5.41) is 14.0. The molecule has 0 unspecified atom stereocenters. The number of hydrogen-bond acceptors (Lipinski definition) is 6. The number of aryl methyl sites for hydroxylation is 1. The molecule has 0 spiro atoms. The van der Waals surface area contributed by atoms with Crippen molar-refractivity contribution in [3.63, 3.8) is 0 Å². The van der Waals surface area contributed by atoms with E-state index in [9.17, 15) is 9.90 Å². The first-order chi connectivity index (χ1) is 15.6. The Kier molecular flexibility index (Phi) is 5.09. The second-order valence-electron chi connectivity index (χ2n) is 7.37. The molecule has 0 atom stereocenters. The number of anilines is 2. The number of aromatic hydroxyl groups is 1. The number of nitrogens with one attached hydrogen (secondary N) is 2. The number of nitrogens with zero attached hydrogens (tertiary/aromatic N) is 2. The molecule has 0 radical (unpaired) electrons. The molecule has 2 heterocycles. The number of pyridine rings is 1. The third kappa shape index (κ3) is 3.59. The van der Waals surface area contributed by atoms with Gasteiger partial charge in [0.1, 0.15) is 11.3 Å². The van der Waals surface area contributed by atoms with Crippen LogP contribution in [0.5, 0.6) is 5.75 Å². The van der Waals surface area contributed by atoms with Crippen molar-refractivity contribution in [2.45, 2.75) is 6.92 Å². The maximum absolute atomic E-state index is 13.6. The predicted molar refractivity (Wildman–Crippen MR) is 131 cm³/mol. The SMILES string of the molecule is Cc1cccc(NNc2nc(-c3c(O)c4ccccc4n(-c4ccccc4)c3=O)cs2)c1. The number of benzene rings is 3. The van der Waals surface area contributed by atoms with Gasteiger partial charge in [0.15, 0.2) is 0 Å². The molecule has 2 aromatic heterocycles. The summed E-state index contributed by atoms with van der Waals surface area (Å²) in [6.07, 6.45) is 0. The van der Waals surface area contributed by atoms with Crippen molar-refractivity contribution in [2.75, 3.05) is 10.9 Å². The summed E-state index contributed by atoms with van der Waals surface area (Å²) in [5.74, 6) is -0.0683. The van der Waals surface area contributed by atoms with E-state index in [1.165, 1.54) is 11.3 Å². The second kappa shape index (κ2) is 8.20. The first kappa shape index (κ1) is 19.8. The average Bonchev–Trinajstić information content (AvgIpc) is 3.27. The molecule has 0 saturated heterocycles. The highest BCUT2D eigenvalue weighted by molar-refractivity contribution is 7.14. The Morgan fingerprint density at radius 1 is 0.938 bits per heavy atom. The van der Waals surface area contributed by atoms with Gasteiger partial charge in [0.25, 0.3) is 5.56 Å². The first-order valence-electron chi connectivity index (χ1n) is 10.1. The highest BCUT2D eigenvalue weighted by Gasteiger charge is 2.20. The van der Waals surface area contributed by atoms with Crippen LogP contribution in [0.4, 0.5) is 10.8 Å². The van der Waals surface area contributed by atoms with Crippen LogP contribution in [0.2, 0.25) is 0 Å². The summed E-state index contributed by atoms with van der Waals surface area (Å²) in [6, 6.07) is 24.7. The van der Waals surface area contributed by atoms with Gasteiger partial charge in [-0.2, -0.15) is 0 Å². The van der Waals surface area contributed by atoms with Gasteiger partial charge in [-0.15, -0.1) is 11.3 Å². The summed E-state index contributed by atoms with van der Waals surface area (Å²) < 4.78 is 1.61. The number of thiazole rings is 1. The van der Waals surface area contributed by atoms with Gasteiger partial charge in [0.2, 0.25) is 5.13 Å². The van der Waals surface area contributed by atoms with Crippen LogP contribution in [0, 0.1) is 6.92 Å². The van der Waals surface area contributed by atoms with Crippen molar-refractivity contribution in [1.29, 1.82) is 0 Å². The minimum absolute atomic E-state index is 0.0683. The minimum Gasteiger partial charge on any atom is -0.506 e. The molecular formula is C25H20N4O2S. The molecule has 0 saturated carbocycles. The van der Waals surface area contributed by atoms with E-state index in [0.717, 1.165) is 16.9 Å². The Morgan fingerprint density at radius 2 is 1.72 bits per heavy atom. The molecule has 0 aliphatic rings. The van der Waals surface area contributed by atoms with E-state index in [0.29, 0.717) is 21.7 Å². The molecule has 158 valence electrons. The Hall–Kier alpha value is -4.10. The zero-order valence-electron chi connectivity index (χ0n) is 17.2. The zero-order chi connectivity index (χ0) is 22.1. The summed E-state index contributed by atoms with van der Waals surface area (Å²) in [4.78, 5) is 18.1. The molecule has 3 N–H and O–H groups in total. The van der Waals surface area contributed by atoms with E-state index in [1.807, 2.05) is 79.7 Å². The molecule has 0 amide bonds. The summed E-state index contributed by atoms with van der Waals surface area (Å²) in [7, 11) is 0. The number of hydrazine groups is 1. The van der Waals surface area contributed by atoms with Gasteiger partial charge < -0.3 is 5.11 Å². The number of fused-ring (bicyclic) bond motifs is 1. The lowest BCUT2D eigenvalue weighted by Gasteiger charge is -2.14. The smallest absolute Gasteiger partial charge is 0.268 e. The molecule has 32 heavy (non-hydrogen) atoms. The fraction of sp³-hybridized carbons (Fsp3) is 0.0400. The summed E-state index contributed by atoms with van der Waals surface area (Å²) in [5.41, 5.74) is 9.86. The minimum atomic E-state index is -0.323. The molecule has 0 aliphatic heterocycles. The van der Waals surface area contributed by atoms with E-state index in [4.69, 9.17) is 0 Å². The van der Waals surface area contributed by atoms with Gasteiger partial charge in [0, 0.05) is 16.5 Å². The van der Waals surface area contributed by atoms with Crippen molar-refractivity contribution >= 4 is 33.1 Å². The monoisotopic (exact) mass is 440 g/mol. The van der Waals surface area contributed by atoms with E-state index in [2.05, 4.69) is 15.8 Å². The molecule has 7 heteroatoms. The Morgan fingerprint density at radius 3 is 2.53 bits per heavy atom. The lowest BCUT2D eigenvalue weighted by molar-refractivity contribution is 0.482. The number of aromatic nitrogens is 2. The van der Waals surface area contributed by atoms with Gasteiger partial charge in [-0.05, 0) is 48.9 Å². The maximum atomic E-state index is 13.6. The van der Waals surface area contributed by atoms with Gasteiger partial charge in [-0.3, -0.25) is 20.2 Å². The predicted octanol–water partition coefficient (Wildman–Crippen LogP) is 5.57. The largest absolute Gasteiger partial charge is 0.506 e. The van der Waals surface area contributed by atoms with Crippen molar-refractivity contribution in [3.05, 3.63) is 100 Å². The molecular weight excluding hydrogens is 420 g/mol. The van der Waals surface area contributed by atoms with Crippen LogP contribution in [0.1, 0.15) is 5.56 Å². The van der Waals surface area contributed by atoms with Gasteiger partial charge in [-0.25, -0.2) is 4.98 Å². The van der Waals surface area contributed by atoms with E-state index in [-0.39, 0.29) is 16.9 Å². The zero-order valence-corrected chi connectivity index (χ0v) is 18.1. The average molecular weight is 441 g/mol. The van der Waals surface area contributed by atoms with Crippen LogP contribution < -0.4 is 16.4 Å². The highest BCUT2D eigenvalue weighted by Crippen LogP contribution is 2.35. The normalized spacial score (nSPS) is 10.9. The van der Waals surface area contributed by atoms with Crippen LogP contribution in [-0.2, 0) is 0 Å². The lowest BCUT2D eigenvalue weighted by atomic mass is 10.1. The number of hydrogen-bond donors (Lipinski definition) is 3. The molecule has 6 nitrogen and oxygen atoms in total. The lowest BCUT2D eigenvalue weighted by Crippen LogP contribution is -2.21. The molecule has 5 rings (SSSR count). The summed E-state index contributed by atoms with van der Waals surface area (Å²) >= 11 is 1.35. The van der Waals surface area contributed by atoms with Crippen LogP contribution in [0.15, 0.2) is 89.0 Å². The molecule has 3 aromatic carbocycles. The second-order valence-corrected chi connectivity index (χ2v) is 8.23. The van der Waals surface area contributed by atoms with Crippen molar-refractivity contribution in [3.8, 4) is 22.7 Å². The first-order valence-corrected chi connectivity index (χ1v) is 11.0. The van der Waals surface area contributed by atoms with Crippen LogP contribution >= 0.6 is 11.3 Å². The molecule has 0 bridgehead atoms.